The molecule has 0 radical (unpaired) electrons. The van der Waals surface area contributed by atoms with E-state index in [4.69, 9.17) is 5.26 Å². The molecule has 1 fully saturated rings. The van der Waals surface area contributed by atoms with Crippen molar-refractivity contribution in [2.45, 2.75) is 6.42 Å². The van der Waals surface area contributed by atoms with Gasteiger partial charge in [-0.3, -0.25) is 0 Å². The molecule has 120 valence electrons. The zero-order valence-corrected chi connectivity index (χ0v) is 13.3. The van der Waals surface area contributed by atoms with Crippen molar-refractivity contribution < 1.29 is 12.8 Å². The van der Waals surface area contributed by atoms with Crippen LogP contribution in [0.4, 0.5) is 10.1 Å². The Morgan fingerprint density at radius 3 is 2.50 bits per heavy atom. The molecule has 1 aliphatic heterocycles. The Labute approximate surface area is 130 Å². The van der Waals surface area contributed by atoms with Gasteiger partial charge in [0.15, 0.2) is 0 Å². The van der Waals surface area contributed by atoms with Gasteiger partial charge in [0.2, 0.25) is 0 Å². The summed E-state index contributed by atoms with van der Waals surface area (Å²) in [7, 11) is -2.09. The van der Waals surface area contributed by atoms with E-state index in [9.17, 15) is 12.8 Å². The Kier molecular flexibility index (Phi) is 5.34. The molecule has 1 saturated heterocycles. The van der Waals surface area contributed by atoms with Gasteiger partial charge in [-0.2, -0.15) is 22.3 Å². The highest BCUT2D eigenvalue weighted by molar-refractivity contribution is 7.86. The van der Waals surface area contributed by atoms with Crippen molar-refractivity contribution in [1.29, 1.82) is 5.26 Å². The lowest BCUT2D eigenvalue weighted by Gasteiger charge is -2.36. The molecule has 6 nitrogen and oxygen atoms in total. The van der Waals surface area contributed by atoms with Crippen LogP contribution in [-0.4, -0.2) is 56.8 Å². The van der Waals surface area contributed by atoms with Crippen LogP contribution in [0.2, 0.25) is 0 Å². The van der Waals surface area contributed by atoms with Gasteiger partial charge in [0, 0.05) is 46.2 Å². The highest BCUT2D eigenvalue weighted by Gasteiger charge is 2.30. The molecule has 0 saturated carbocycles. The highest BCUT2D eigenvalue weighted by Crippen LogP contribution is 2.21. The number of nitriles is 1. The number of rotatable bonds is 5. The lowest BCUT2D eigenvalue weighted by Crippen LogP contribution is -2.52. The van der Waals surface area contributed by atoms with E-state index in [-0.39, 0.29) is 18.8 Å². The van der Waals surface area contributed by atoms with Gasteiger partial charge in [-0.05, 0) is 12.1 Å². The average Bonchev–Trinajstić information content (AvgIpc) is 2.53. The number of piperazine rings is 1. The fourth-order valence-corrected chi connectivity index (χ4v) is 3.73. The number of hydrogen-bond acceptors (Lipinski definition) is 4. The van der Waals surface area contributed by atoms with Gasteiger partial charge in [0.25, 0.3) is 10.2 Å². The van der Waals surface area contributed by atoms with Gasteiger partial charge in [-0.25, -0.2) is 4.39 Å². The van der Waals surface area contributed by atoms with E-state index in [1.807, 2.05) is 11.0 Å². The third kappa shape index (κ3) is 3.55. The van der Waals surface area contributed by atoms with Crippen LogP contribution in [0.15, 0.2) is 24.3 Å². The molecule has 22 heavy (non-hydrogen) atoms. The van der Waals surface area contributed by atoms with E-state index in [0.717, 1.165) is 0 Å². The van der Waals surface area contributed by atoms with E-state index < -0.39 is 10.2 Å². The Balaban J connectivity index is 2.00. The minimum absolute atomic E-state index is 0.158. The maximum atomic E-state index is 13.8. The Morgan fingerprint density at radius 2 is 1.91 bits per heavy atom. The van der Waals surface area contributed by atoms with Gasteiger partial charge in [0.1, 0.15) is 5.82 Å². The molecule has 0 bridgehead atoms. The average molecular weight is 326 g/mol. The van der Waals surface area contributed by atoms with Gasteiger partial charge in [-0.1, -0.05) is 12.1 Å². The van der Waals surface area contributed by atoms with Crippen molar-refractivity contribution in [2.24, 2.45) is 0 Å². The third-order valence-corrected chi connectivity index (χ3v) is 5.68. The van der Waals surface area contributed by atoms with Gasteiger partial charge >= 0.3 is 0 Å². The van der Waals surface area contributed by atoms with Crippen LogP contribution in [0.25, 0.3) is 0 Å². The van der Waals surface area contributed by atoms with Crippen LogP contribution in [-0.2, 0) is 10.2 Å². The molecule has 0 unspecified atom stereocenters. The number of nitrogens with zero attached hydrogens (tertiary/aromatic N) is 4. The lowest BCUT2D eigenvalue weighted by molar-refractivity contribution is 0.343. The normalized spacial score (nSPS) is 16.7. The third-order valence-electron chi connectivity index (χ3n) is 3.69. The molecule has 0 spiro atoms. The topological polar surface area (TPSA) is 67.6 Å². The molecular weight excluding hydrogens is 307 g/mol. The predicted octanol–water partition coefficient (Wildman–Crippen LogP) is 1.04. The van der Waals surface area contributed by atoms with Crippen molar-refractivity contribution >= 4 is 15.9 Å². The number of hydrogen-bond donors (Lipinski definition) is 0. The summed E-state index contributed by atoms with van der Waals surface area (Å²) >= 11 is 0. The van der Waals surface area contributed by atoms with Crippen molar-refractivity contribution in [1.82, 2.24) is 8.61 Å². The molecule has 0 atom stereocenters. The molecular formula is C14H19FN4O2S. The summed E-state index contributed by atoms with van der Waals surface area (Å²) < 4.78 is 41.0. The van der Waals surface area contributed by atoms with Crippen LogP contribution in [0.5, 0.6) is 0 Å². The largest absolute Gasteiger partial charge is 0.367 e. The number of benzene rings is 1. The molecule has 0 aliphatic carbocycles. The predicted molar refractivity (Wildman–Crippen MR) is 82.0 cm³/mol. The van der Waals surface area contributed by atoms with Crippen LogP contribution in [0, 0.1) is 17.1 Å². The molecule has 8 heteroatoms. The molecule has 1 heterocycles. The second-order valence-electron chi connectivity index (χ2n) is 5.07. The van der Waals surface area contributed by atoms with Gasteiger partial charge < -0.3 is 4.90 Å². The Morgan fingerprint density at radius 1 is 1.27 bits per heavy atom. The van der Waals surface area contributed by atoms with Crippen molar-refractivity contribution in [2.75, 3.05) is 44.7 Å². The van der Waals surface area contributed by atoms with Crippen molar-refractivity contribution in [3.05, 3.63) is 30.1 Å². The van der Waals surface area contributed by atoms with Crippen LogP contribution in [0.1, 0.15) is 6.42 Å². The van der Waals surface area contributed by atoms with Crippen molar-refractivity contribution in [3.8, 4) is 6.07 Å². The van der Waals surface area contributed by atoms with Crippen LogP contribution < -0.4 is 4.90 Å². The summed E-state index contributed by atoms with van der Waals surface area (Å²) in [5.74, 6) is -0.301. The SMILES string of the molecule is CN(CCC#N)S(=O)(=O)N1CCN(c2ccccc2F)CC1. The standard InChI is InChI=1S/C14H19FN4O2S/c1-17(8-4-7-16)22(20,21)19-11-9-18(10-12-19)14-6-3-2-5-13(14)15/h2-3,5-6H,4,8-12H2,1H3. The maximum absolute atomic E-state index is 13.8. The summed E-state index contributed by atoms with van der Waals surface area (Å²) in [5, 5.41) is 8.55. The number of anilines is 1. The quantitative estimate of drug-likeness (QED) is 0.811. The molecule has 1 aromatic carbocycles. The first-order valence-corrected chi connectivity index (χ1v) is 8.44. The van der Waals surface area contributed by atoms with Gasteiger partial charge in [-0.15, -0.1) is 0 Å². The number of para-hydroxylation sites is 1. The summed E-state index contributed by atoms with van der Waals surface area (Å²) in [4.78, 5) is 1.84. The minimum atomic E-state index is -3.55. The smallest absolute Gasteiger partial charge is 0.281 e. The summed E-state index contributed by atoms with van der Waals surface area (Å²) in [6.45, 7) is 1.64. The molecule has 1 aliphatic rings. The second-order valence-corrected chi connectivity index (χ2v) is 7.11. The monoisotopic (exact) mass is 326 g/mol. The fourth-order valence-electron chi connectivity index (χ4n) is 2.39. The molecule has 0 amide bonds. The Bertz CT molecular complexity index is 651. The molecule has 0 aromatic heterocycles. The zero-order chi connectivity index (χ0) is 16.2. The summed E-state index contributed by atoms with van der Waals surface area (Å²) in [6, 6.07) is 8.41. The molecule has 1 aromatic rings. The zero-order valence-electron chi connectivity index (χ0n) is 12.4. The summed E-state index contributed by atoms with van der Waals surface area (Å²) in [5.41, 5.74) is 0.498. The van der Waals surface area contributed by atoms with Crippen LogP contribution >= 0.6 is 0 Å². The minimum Gasteiger partial charge on any atom is -0.367 e. The lowest BCUT2D eigenvalue weighted by atomic mass is 10.2. The number of halogens is 1. The summed E-state index contributed by atoms with van der Waals surface area (Å²) in [6.07, 6.45) is 0.158. The van der Waals surface area contributed by atoms with E-state index in [0.29, 0.717) is 31.9 Å². The fraction of sp³-hybridized carbons (Fsp3) is 0.500. The van der Waals surface area contributed by atoms with E-state index in [1.54, 1.807) is 18.2 Å². The highest BCUT2D eigenvalue weighted by atomic mass is 32.2. The first kappa shape index (κ1) is 16.7. The van der Waals surface area contributed by atoms with Crippen molar-refractivity contribution in [3.63, 3.8) is 0 Å². The van der Waals surface area contributed by atoms with E-state index >= 15 is 0 Å². The molecule has 2 rings (SSSR count). The van der Waals surface area contributed by atoms with Crippen LogP contribution in [0.3, 0.4) is 0 Å². The first-order valence-electron chi connectivity index (χ1n) is 7.04. The molecule has 0 N–H and O–H groups in total. The van der Waals surface area contributed by atoms with E-state index in [2.05, 4.69) is 0 Å². The maximum Gasteiger partial charge on any atom is 0.281 e. The second kappa shape index (κ2) is 7.05. The Hall–Kier alpha value is -1.69. The van der Waals surface area contributed by atoms with Gasteiger partial charge in [0.05, 0.1) is 11.8 Å². The first-order chi connectivity index (χ1) is 10.5. The van der Waals surface area contributed by atoms with E-state index in [1.165, 1.54) is 21.7 Å².